The van der Waals surface area contributed by atoms with Crippen molar-refractivity contribution in [3.8, 4) is 11.8 Å². The van der Waals surface area contributed by atoms with Gasteiger partial charge >= 0.3 is 0 Å². The number of aromatic nitrogens is 1. The topological polar surface area (TPSA) is 51.7 Å². The average Bonchev–Trinajstić information content (AvgIpc) is 3.18. The fourth-order valence-electron chi connectivity index (χ4n) is 5.51. The van der Waals surface area contributed by atoms with Crippen molar-refractivity contribution in [2.75, 3.05) is 56.5 Å². The molecule has 40 heavy (non-hydrogen) atoms. The summed E-state index contributed by atoms with van der Waals surface area (Å²) < 4.78 is 30.2. The number of hydrogen-bond acceptors (Lipinski definition) is 5. The standard InChI is InChI=1S/C31H30ClF2N5O/c1-37-11-13-39(14-12-37)29-18-31(33,34)27-17-24(6-7-26(27)29)36-30(40)23-5-8-28(32)22(16-23)4-3-21-15-25(20-35-19-21)38-9-2-10-38/h5-8,15-17,19-20,29H,2,9-14,18H2,1H3,(H,36,40). The molecule has 2 aromatic carbocycles. The molecule has 1 atom stereocenters. The van der Waals surface area contributed by atoms with Gasteiger partial charge in [-0.3, -0.25) is 14.7 Å². The Bertz CT molecular complexity index is 1510. The summed E-state index contributed by atoms with van der Waals surface area (Å²) in [7, 11) is 2.05. The number of pyridine rings is 1. The first-order valence-electron chi connectivity index (χ1n) is 13.5. The van der Waals surface area contributed by atoms with E-state index in [9.17, 15) is 4.79 Å². The summed E-state index contributed by atoms with van der Waals surface area (Å²) in [5, 5.41) is 3.20. The van der Waals surface area contributed by atoms with E-state index in [1.807, 2.05) is 19.3 Å². The molecule has 0 radical (unpaired) electrons. The summed E-state index contributed by atoms with van der Waals surface area (Å²) in [4.78, 5) is 24.0. The lowest BCUT2D eigenvalue weighted by molar-refractivity contribution is -0.0257. The van der Waals surface area contributed by atoms with Gasteiger partial charge in [-0.2, -0.15) is 0 Å². The van der Waals surface area contributed by atoms with Crippen LogP contribution in [0.3, 0.4) is 0 Å². The van der Waals surface area contributed by atoms with Crippen molar-refractivity contribution in [2.45, 2.75) is 24.8 Å². The molecule has 1 unspecified atom stereocenters. The van der Waals surface area contributed by atoms with Gasteiger partial charge < -0.3 is 15.1 Å². The highest BCUT2D eigenvalue weighted by molar-refractivity contribution is 6.32. The SMILES string of the molecule is CN1CCN(C2CC(F)(F)c3cc(NC(=O)c4ccc(Cl)c(C#Cc5cncc(N6CCC6)c5)c4)ccc32)CC1. The highest BCUT2D eigenvalue weighted by Crippen LogP contribution is 2.50. The van der Waals surface area contributed by atoms with Gasteiger partial charge in [-0.05, 0) is 55.4 Å². The lowest BCUT2D eigenvalue weighted by atomic mass is 10.0. The average molecular weight is 562 g/mol. The van der Waals surface area contributed by atoms with Crippen molar-refractivity contribution in [1.82, 2.24) is 14.8 Å². The second-order valence-electron chi connectivity index (χ2n) is 10.7. The number of rotatable bonds is 4. The number of likely N-dealkylation sites (N-methyl/N-ethyl adjacent to an activating group) is 1. The van der Waals surface area contributed by atoms with Crippen molar-refractivity contribution < 1.29 is 13.6 Å². The van der Waals surface area contributed by atoms with Crippen molar-refractivity contribution >= 4 is 28.9 Å². The van der Waals surface area contributed by atoms with Gasteiger partial charge in [0.05, 0.1) is 16.9 Å². The zero-order chi connectivity index (χ0) is 27.9. The summed E-state index contributed by atoms with van der Waals surface area (Å²) in [5.41, 5.74) is 3.59. The van der Waals surface area contributed by atoms with Gasteiger partial charge in [0.25, 0.3) is 11.8 Å². The minimum Gasteiger partial charge on any atom is -0.370 e. The van der Waals surface area contributed by atoms with Gasteiger partial charge in [-0.25, -0.2) is 8.78 Å². The normalized spacial score (nSPS) is 20.3. The van der Waals surface area contributed by atoms with Crippen molar-refractivity contribution in [1.29, 1.82) is 0 Å². The van der Waals surface area contributed by atoms with Crippen molar-refractivity contribution in [3.63, 3.8) is 0 Å². The fourth-order valence-corrected chi connectivity index (χ4v) is 5.68. The van der Waals surface area contributed by atoms with E-state index in [0.29, 0.717) is 27.4 Å². The number of halogens is 3. The molecule has 6 nitrogen and oxygen atoms in total. The van der Waals surface area contributed by atoms with Gasteiger partial charge in [-0.15, -0.1) is 0 Å². The van der Waals surface area contributed by atoms with E-state index in [-0.39, 0.29) is 18.0 Å². The number of carbonyl (C=O) groups is 1. The third-order valence-electron chi connectivity index (χ3n) is 8.01. The van der Waals surface area contributed by atoms with Gasteiger partial charge in [0.2, 0.25) is 0 Å². The minimum atomic E-state index is -2.95. The number of nitrogens with zero attached hydrogens (tertiary/aromatic N) is 4. The first-order chi connectivity index (χ1) is 19.3. The molecule has 0 bridgehead atoms. The van der Waals surface area contributed by atoms with Crippen molar-refractivity contribution in [3.05, 3.63) is 87.7 Å². The zero-order valence-corrected chi connectivity index (χ0v) is 23.0. The second kappa shape index (κ2) is 10.8. The molecule has 1 amide bonds. The Morgan fingerprint density at radius 1 is 1.02 bits per heavy atom. The van der Waals surface area contributed by atoms with E-state index in [2.05, 4.69) is 36.8 Å². The highest BCUT2D eigenvalue weighted by Gasteiger charge is 2.47. The number of nitrogens with one attached hydrogen (secondary N) is 1. The number of anilines is 2. The van der Waals surface area contributed by atoms with Gasteiger partial charge in [0.1, 0.15) is 0 Å². The number of benzene rings is 2. The fraction of sp³-hybridized carbons (Fsp3) is 0.355. The molecule has 2 aliphatic heterocycles. The molecule has 6 rings (SSSR count). The molecule has 3 aliphatic rings. The number of carbonyl (C=O) groups excluding carboxylic acids is 1. The van der Waals surface area contributed by atoms with E-state index in [1.165, 1.54) is 12.5 Å². The summed E-state index contributed by atoms with van der Waals surface area (Å²) in [6.45, 7) is 5.27. The Balaban J connectivity index is 1.19. The molecular weight excluding hydrogens is 532 g/mol. The monoisotopic (exact) mass is 561 g/mol. The van der Waals surface area contributed by atoms with Crippen LogP contribution in [-0.4, -0.2) is 67.0 Å². The molecule has 2 fully saturated rings. The Kier molecular flexibility index (Phi) is 7.22. The lowest BCUT2D eigenvalue weighted by Gasteiger charge is -2.36. The van der Waals surface area contributed by atoms with Crippen LogP contribution in [0.5, 0.6) is 0 Å². The maximum Gasteiger partial charge on any atom is 0.275 e. The van der Waals surface area contributed by atoms with Crippen LogP contribution >= 0.6 is 11.6 Å². The van der Waals surface area contributed by atoms with E-state index < -0.39 is 11.8 Å². The molecule has 0 spiro atoms. The molecular formula is C31H30ClF2N5O. The van der Waals surface area contributed by atoms with Gasteiger partial charge in [-0.1, -0.05) is 29.5 Å². The van der Waals surface area contributed by atoms with E-state index in [1.54, 1.807) is 36.5 Å². The first kappa shape index (κ1) is 26.7. The lowest BCUT2D eigenvalue weighted by Crippen LogP contribution is -2.45. The summed E-state index contributed by atoms with van der Waals surface area (Å²) >= 11 is 6.37. The summed E-state index contributed by atoms with van der Waals surface area (Å²) in [6.07, 6.45) is 4.45. The molecule has 2 saturated heterocycles. The number of hydrogen-bond donors (Lipinski definition) is 1. The molecule has 3 aromatic rings. The van der Waals surface area contributed by atoms with Gasteiger partial charge in [0.15, 0.2) is 0 Å². The smallest absolute Gasteiger partial charge is 0.275 e. The molecule has 1 N–H and O–H groups in total. The zero-order valence-electron chi connectivity index (χ0n) is 22.3. The minimum absolute atomic E-state index is 0.00837. The van der Waals surface area contributed by atoms with E-state index in [0.717, 1.165) is 50.5 Å². The van der Waals surface area contributed by atoms with Crippen LogP contribution in [-0.2, 0) is 5.92 Å². The predicted molar refractivity (Wildman–Crippen MR) is 153 cm³/mol. The van der Waals surface area contributed by atoms with Crippen LogP contribution in [0.25, 0.3) is 0 Å². The van der Waals surface area contributed by atoms with Crippen molar-refractivity contribution in [2.24, 2.45) is 0 Å². The molecule has 9 heteroatoms. The molecule has 3 heterocycles. The van der Waals surface area contributed by atoms with Crippen LogP contribution in [0.1, 0.15) is 51.5 Å². The Morgan fingerprint density at radius 2 is 1.82 bits per heavy atom. The van der Waals surface area contributed by atoms with Crippen LogP contribution in [0.4, 0.5) is 20.2 Å². The quantitative estimate of drug-likeness (QED) is 0.433. The van der Waals surface area contributed by atoms with Crippen LogP contribution in [0.2, 0.25) is 5.02 Å². The maximum absolute atomic E-state index is 15.1. The Hall–Kier alpha value is -3.51. The number of amides is 1. The number of alkyl halides is 2. The van der Waals surface area contributed by atoms with Crippen LogP contribution in [0.15, 0.2) is 54.9 Å². The summed E-state index contributed by atoms with van der Waals surface area (Å²) in [5.74, 6) is 2.77. The van der Waals surface area contributed by atoms with Crippen LogP contribution in [0, 0.1) is 11.8 Å². The maximum atomic E-state index is 15.1. The first-order valence-corrected chi connectivity index (χ1v) is 13.9. The Labute approximate surface area is 237 Å². The highest BCUT2D eigenvalue weighted by atomic mass is 35.5. The third kappa shape index (κ3) is 5.42. The summed E-state index contributed by atoms with van der Waals surface area (Å²) in [6, 6.07) is 11.4. The predicted octanol–water partition coefficient (Wildman–Crippen LogP) is 5.38. The van der Waals surface area contributed by atoms with Gasteiger partial charge in [0, 0.05) is 85.9 Å². The molecule has 1 aromatic heterocycles. The number of fused-ring (bicyclic) bond motifs is 1. The van der Waals surface area contributed by atoms with E-state index in [4.69, 9.17) is 11.6 Å². The largest absolute Gasteiger partial charge is 0.370 e. The second-order valence-corrected chi connectivity index (χ2v) is 11.1. The van der Waals surface area contributed by atoms with E-state index >= 15 is 8.78 Å². The third-order valence-corrected chi connectivity index (χ3v) is 8.34. The molecule has 0 saturated carbocycles. The number of piperazine rings is 1. The molecule has 1 aliphatic carbocycles. The Morgan fingerprint density at radius 3 is 2.58 bits per heavy atom. The molecule has 206 valence electrons. The van der Waals surface area contributed by atoms with Crippen LogP contribution < -0.4 is 10.2 Å².